The van der Waals surface area contributed by atoms with Gasteiger partial charge in [0.2, 0.25) is 0 Å². The van der Waals surface area contributed by atoms with Gasteiger partial charge < -0.3 is 15.5 Å². The summed E-state index contributed by atoms with van der Waals surface area (Å²) >= 11 is 1.46. The number of anilines is 1. The number of rotatable bonds is 5. The number of nitrogens with one attached hydrogen (secondary N) is 1. The average molecular weight is 252 g/mol. The van der Waals surface area contributed by atoms with Gasteiger partial charge in [-0.3, -0.25) is 0 Å². The fourth-order valence-electron chi connectivity index (χ4n) is 1.18. The third-order valence-electron chi connectivity index (χ3n) is 2.01. The highest BCUT2D eigenvalue weighted by molar-refractivity contribution is 7.12. The van der Waals surface area contributed by atoms with Gasteiger partial charge in [-0.25, -0.2) is 15.0 Å². The fourth-order valence-corrected chi connectivity index (χ4v) is 1.76. The van der Waals surface area contributed by atoms with Gasteiger partial charge in [-0.05, 0) is 6.07 Å². The molecule has 0 saturated heterocycles. The Labute approximate surface area is 102 Å². The average Bonchev–Trinajstić information content (AvgIpc) is 2.90. The van der Waals surface area contributed by atoms with E-state index in [9.17, 15) is 5.11 Å². The Kier molecular flexibility index (Phi) is 3.97. The van der Waals surface area contributed by atoms with Gasteiger partial charge in [-0.15, -0.1) is 11.3 Å². The first-order valence-electron chi connectivity index (χ1n) is 5.05. The summed E-state index contributed by atoms with van der Waals surface area (Å²) in [6.45, 7) is -0.0394. The molecule has 3 N–H and O–H groups in total. The van der Waals surface area contributed by atoms with Crippen LogP contribution in [0.1, 0.15) is 0 Å². The van der Waals surface area contributed by atoms with Crippen molar-refractivity contribution in [1.29, 1.82) is 0 Å². The van der Waals surface area contributed by atoms with Gasteiger partial charge in [0.15, 0.2) is 10.8 Å². The molecule has 0 aliphatic heterocycles. The maximum Gasteiger partial charge on any atom is 0.190 e. The van der Waals surface area contributed by atoms with E-state index in [1.165, 1.54) is 11.3 Å². The molecule has 1 atom stereocenters. The predicted molar refractivity (Wildman–Crippen MR) is 64.7 cm³/mol. The summed E-state index contributed by atoms with van der Waals surface area (Å²) in [5, 5.41) is 23.4. The lowest BCUT2D eigenvalue weighted by Gasteiger charge is -2.09. The van der Waals surface area contributed by atoms with Crippen LogP contribution in [0.5, 0.6) is 0 Å². The minimum Gasteiger partial charge on any atom is -0.394 e. The molecule has 2 heterocycles. The molecule has 0 aliphatic rings. The summed E-state index contributed by atoms with van der Waals surface area (Å²) in [6, 6.07) is 1.70. The molecule has 2 aromatic heterocycles. The molecular weight excluding hydrogens is 240 g/mol. The topological polar surface area (TPSA) is 91.2 Å². The highest BCUT2D eigenvalue weighted by atomic mass is 32.1. The Morgan fingerprint density at radius 2 is 2.24 bits per heavy atom. The second-order valence-electron chi connectivity index (χ2n) is 3.32. The van der Waals surface area contributed by atoms with Crippen molar-refractivity contribution in [2.75, 3.05) is 18.5 Å². The minimum absolute atomic E-state index is 0.241. The molecule has 0 unspecified atom stereocenters. The van der Waals surface area contributed by atoms with E-state index >= 15 is 0 Å². The van der Waals surface area contributed by atoms with Gasteiger partial charge in [-0.1, -0.05) is 0 Å². The molecule has 0 aromatic carbocycles. The minimum atomic E-state index is -0.798. The number of aliphatic hydroxyl groups excluding tert-OH is 2. The van der Waals surface area contributed by atoms with E-state index in [0.29, 0.717) is 11.6 Å². The Morgan fingerprint density at radius 3 is 2.94 bits per heavy atom. The number of thiazole rings is 1. The summed E-state index contributed by atoms with van der Waals surface area (Å²) in [5.41, 5.74) is 0. The van der Waals surface area contributed by atoms with Crippen molar-refractivity contribution in [3.63, 3.8) is 0 Å². The normalized spacial score (nSPS) is 12.4. The molecule has 2 aromatic rings. The quantitative estimate of drug-likeness (QED) is 0.712. The van der Waals surface area contributed by atoms with E-state index in [1.54, 1.807) is 18.5 Å². The van der Waals surface area contributed by atoms with Crippen molar-refractivity contribution in [2.45, 2.75) is 6.10 Å². The summed E-state index contributed by atoms with van der Waals surface area (Å²) in [5.74, 6) is 1.14. The predicted octanol–water partition coefficient (Wildman–Crippen LogP) is 0.365. The van der Waals surface area contributed by atoms with Crippen molar-refractivity contribution in [1.82, 2.24) is 15.0 Å². The second kappa shape index (κ2) is 5.67. The van der Waals surface area contributed by atoms with Gasteiger partial charge in [0, 0.05) is 24.3 Å². The first-order valence-corrected chi connectivity index (χ1v) is 5.93. The van der Waals surface area contributed by atoms with Crippen LogP contribution >= 0.6 is 11.3 Å². The van der Waals surface area contributed by atoms with Crippen molar-refractivity contribution in [3.05, 3.63) is 23.8 Å². The van der Waals surface area contributed by atoms with Gasteiger partial charge in [-0.2, -0.15) is 0 Å². The lowest BCUT2D eigenvalue weighted by molar-refractivity contribution is 0.105. The molecule has 6 nitrogen and oxygen atoms in total. The van der Waals surface area contributed by atoms with Crippen LogP contribution in [0.3, 0.4) is 0 Å². The second-order valence-corrected chi connectivity index (χ2v) is 4.21. The monoisotopic (exact) mass is 252 g/mol. The molecule has 0 radical (unpaired) electrons. The number of aromatic nitrogens is 3. The van der Waals surface area contributed by atoms with Crippen molar-refractivity contribution in [2.24, 2.45) is 0 Å². The highest BCUT2D eigenvalue weighted by Crippen LogP contribution is 2.18. The molecule has 7 heteroatoms. The van der Waals surface area contributed by atoms with Crippen LogP contribution in [0.15, 0.2) is 23.8 Å². The van der Waals surface area contributed by atoms with E-state index in [-0.39, 0.29) is 13.2 Å². The molecule has 0 bridgehead atoms. The van der Waals surface area contributed by atoms with Crippen LogP contribution in [-0.4, -0.2) is 44.4 Å². The zero-order chi connectivity index (χ0) is 12.1. The molecule has 17 heavy (non-hydrogen) atoms. The van der Waals surface area contributed by atoms with Crippen molar-refractivity contribution >= 4 is 17.2 Å². The molecular formula is C10H12N4O2S. The fraction of sp³-hybridized carbons (Fsp3) is 0.300. The van der Waals surface area contributed by atoms with Gasteiger partial charge in [0.25, 0.3) is 0 Å². The van der Waals surface area contributed by atoms with Crippen LogP contribution in [0.25, 0.3) is 10.8 Å². The molecule has 0 aliphatic carbocycles. The summed E-state index contributed by atoms with van der Waals surface area (Å²) in [7, 11) is 0. The van der Waals surface area contributed by atoms with E-state index in [2.05, 4.69) is 20.3 Å². The van der Waals surface area contributed by atoms with Crippen LogP contribution < -0.4 is 5.32 Å². The molecule has 0 spiro atoms. The molecule has 0 saturated carbocycles. The number of nitrogens with zero attached hydrogens (tertiary/aromatic N) is 3. The Hall–Kier alpha value is -1.57. The number of hydrogen-bond acceptors (Lipinski definition) is 7. The molecule has 90 valence electrons. The van der Waals surface area contributed by atoms with Gasteiger partial charge in [0.05, 0.1) is 12.7 Å². The summed E-state index contributed by atoms with van der Waals surface area (Å²) in [6.07, 6.45) is 2.52. The molecule has 0 fully saturated rings. The maximum absolute atomic E-state index is 9.21. The molecule has 0 amide bonds. The van der Waals surface area contributed by atoms with E-state index in [1.807, 2.05) is 5.38 Å². The van der Waals surface area contributed by atoms with Crippen LogP contribution in [0.2, 0.25) is 0 Å². The maximum atomic E-state index is 9.21. The zero-order valence-corrected chi connectivity index (χ0v) is 9.76. The third-order valence-corrected chi connectivity index (χ3v) is 2.78. The smallest absolute Gasteiger partial charge is 0.190 e. The summed E-state index contributed by atoms with van der Waals surface area (Å²) in [4.78, 5) is 12.5. The van der Waals surface area contributed by atoms with E-state index < -0.39 is 6.10 Å². The largest absolute Gasteiger partial charge is 0.394 e. The Balaban J connectivity index is 2.07. The first-order chi connectivity index (χ1) is 8.29. The van der Waals surface area contributed by atoms with Gasteiger partial charge >= 0.3 is 0 Å². The number of aliphatic hydroxyl groups is 2. The van der Waals surface area contributed by atoms with E-state index in [0.717, 1.165) is 5.01 Å². The highest BCUT2D eigenvalue weighted by Gasteiger charge is 2.06. The molecule has 2 rings (SSSR count). The standard InChI is InChI=1S/C10H12N4O2S/c15-6-7(16)5-13-8-1-2-11-9(14-8)10-12-3-4-17-10/h1-4,7,15-16H,5-6H2,(H,11,13,14)/t7-/m1/s1. The Bertz CT molecular complexity index is 463. The number of hydrogen-bond donors (Lipinski definition) is 3. The zero-order valence-electron chi connectivity index (χ0n) is 8.95. The van der Waals surface area contributed by atoms with E-state index in [4.69, 9.17) is 5.11 Å². The van der Waals surface area contributed by atoms with Gasteiger partial charge in [0.1, 0.15) is 5.82 Å². The van der Waals surface area contributed by atoms with Crippen LogP contribution in [0.4, 0.5) is 5.82 Å². The summed E-state index contributed by atoms with van der Waals surface area (Å²) < 4.78 is 0. The lowest BCUT2D eigenvalue weighted by Crippen LogP contribution is -2.23. The third kappa shape index (κ3) is 3.19. The Morgan fingerprint density at radius 1 is 1.35 bits per heavy atom. The SMILES string of the molecule is OC[C@H](O)CNc1ccnc(-c2nccs2)n1. The van der Waals surface area contributed by atoms with Crippen LogP contribution in [-0.2, 0) is 0 Å². The van der Waals surface area contributed by atoms with Crippen molar-refractivity contribution in [3.8, 4) is 10.8 Å². The van der Waals surface area contributed by atoms with Crippen LogP contribution in [0, 0.1) is 0 Å². The lowest BCUT2D eigenvalue weighted by atomic mass is 10.4. The first kappa shape index (κ1) is 11.9. The van der Waals surface area contributed by atoms with Crippen molar-refractivity contribution < 1.29 is 10.2 Å².